The van der Waals surface area contributed by atoms with Crippen molar-refractivity contribution in [1.82, 2.24) is 19.7 Å². The van der Waals surface area contributed by atoms with E-state index in [1.165, 1.54) is 0 Å². The number of nitrogens with two attached hydrogens (primary N) is 1. The van der Waals surface area contributed by atoms with Gasteiger partial charge in [0.2, 0.25) is 0 Å². The maximum Gasteiger partial charge on any atom is 0.279 e. The molecular weight excluding hydrogens is 360 g/mol. The van der Waals surface area contributed by atoms with Crippen molar-refractivity contribution in [2.75, 3.05) is 6.61 Å². The van der Waals surface area contributed by atoms with Gasteiger partial charge in [-0.2, -0.15) is 5.10 Å². The third-order valence-corrected chi connectivity index (χ3v) is 4.23. The second-order valence-electron chi connectivity index (χ2n) is 6.40. The molecule has 0 aliphatic rings. The minimum Gasteiger partial charge on any atom is -0.493 e. The molecule has 0 bridgehead atoms. The van der Waals surface area contributed by atoms with Gasteiger partial charge in [-0.3, -0.25) is 9.48 Å². The highest BCUT2D eigenvalue weighted by atomic mass is 16.5. The lowest BCUT2D eigenvalue weighted by Crippen LogP contribution is -2.21. The molecule has 9 nitrogen and oxygen atoms in total. The van der Waals surface area contributed by atoms with E-state index in [-0.39, 0.29) is 23.5 Å². The number of nitrogens with one attached hydrogen (secondary N) is 1. The van der Waals surface area contributed by atoms with Crippen LogP contribution in [0.3, 0.4) is 0 Å². The van der Waals surface area contributed by atoms with Crippen molar-refractivity contribution >= 4 is 16.9 Å². The number of fused-ring (bicyclic) bond motifs is 1. The molecule has 2 heterocycles. The number of hydrogen-bond donors (Lipinski definition) is 3. The number of benzene rings is 1. The lowest BCUT2D eigenvalue weighted by molar-refractivity contribution is 0.316. The number of rotatable bonds is 8. The first-order valence-electron chi connectivity index (χ1n) is 9.27. The predicted octanol–water partition coefficient (Wildman–Crippen LogP) is 2.27. The summed E-state index contributed by atoms with van der Waals surface area (Å²) in [6, 6.07) is 7.45. The van der Waals surface area contributed by atoms with Gasteiger partial charge in [-0.05, 0) is 25.0 Å². The average Bonchev–Trinajstić information content (AvgIpc) is 3.04. The molecule has 0 amide bonds. The van der Waals surface area contributed by atoms with Crippen LogP contribution in [0.25, 0.3) is 22.4 Å². The summed E-state index contributed by atoms with van der Waals surface area (Å²) < 4.78 is 7.36. The number of amidine groups is 1. The van der Waals surface area contributed by atoms with Gasteiger partial charge in [0.25, 0.3) is 5.56 Å². The van der Waals surface area contributed by atoms with E-state index < -0.39 is 0 Å². The molecule has 0 radical (unpaired) electrons. The van der Waals surface area contributed by atoms with Crippen molar-refractivity contribution in [3.05, 3.63) is 40.3 Å². The summed E-state index contributed by atoms with van der Waals surface area (Å²) in [5.74, 6) is 1.08. The topological polar surface area (TPSA) is 131 Å². The fourth-order valence-electron chi connectivity index (χ4n) is 2.99. The van der Waals surface area contributed by atoms with Crippen LogP contribution < -0.4 is 16.0 Å². The molecular formula is C19H24N6O3. The van der Waals surface area contributed by atoms with Gasteiger partial charge in [-0.15, -0.1) is 0 Å². The maximum atomic E-state index is 12.7. The first-order valence-corrected chi connectivity index (χ1v) is 9.27. The Balaban J connectivity index is 2.17. The second-order valence-corrected chi connectivity index (χ2v) is 6.40. The Morgan fingerprint density at radius 2 is 2.07 bits per heavy atom. The van der Waals surface area contributed by atoms with Gasteiger partial charge in [0.15, 0.2) is 11.4 Å². The zero-order valence-electron chi connectivity index (χ0n) is 16.0. The van der Waals surface area contributed by atoms with E-state index in [4.69, 9.17) is 15.7 Å². The van der Waals surface area contributed by atoms with E-state index in [2.05, 4.69) is 20.2 Å². The molecule has 0 saturated carbocycles. The van der Waals surface area contributed by atoms with Crippen LogP contribution in [0.5, 0.6) is 5.75 Å². The van der Waals surface area contributed by atoms with Gasteiger partial charge >= 0.3 is 0 Å². The Labute approximate surface area is 161 Å². The molecule has 0 saturated heterocycles. The molecule has 0 aliphatic heterocycles. The maximum absolute atomic E-state index is 12.7. The number of hydrogen-bond acceptors (Lipinski definition) is 6. The minimum absolute atomic E-state index is 0.000113. The Hall–Kier alpha value is -3.36. The highest BCUT2D eigenvalue weighted by Crippen LogP contribution is 2.28. The van der Waals surface area contributed by atoms with Crippen molar-refractivity contribution < 1.29 is 9.94 Å². The molecule has 1 aromatic carbocycles. The van der Waals surface area contributed by atoms with E-state index in [1.54, 1.807) is 4.68 Å². The molecule has 3 rings (SSSR count). The number of aromatic amines is 1. The fourth-order valence-corrected chi connectivity index (χ4v) is 2.99. The third kappa shape index (κ3) is 3.83. The van der Waals surface area contributed by atoms with E-state index in [0.717, 1.165) is 18.5 Å². The molecule has 4 N–H and O–H groups in total. The summed E-state index contributed by atoms with van der Waals surface area (Å²) in [5.41, 5.74) is 7.50. The second kappa shape index (κ2) is 8.55. The number of oxime groups is 1. The number of aryl methyl sites for hydroxylation is 1. The molecule has 28 heavy (non-hydrogen) atoms. The summed E-state index contributed by atoms with van der Waals surface area (Å²) in [7, 11) is 0. The van der Waals surface area contributed by atoms with Crippen molar-refractivity contribution in [1.29, 1.82) is 0 Å². The van der Waals surface area contributed by atoms with Crippen molar-refractivity contribution in [3.8, 4) is 17.1 Å². The van der Waals surface area contributed by atoms with Crippen LogP contribution in [0.1, 0.15) is 32.4 Å². The largest absolute Gasteiger partial charge is 0.493 e. The summed E-state index contributed by atoms with van der Waals surface area (Å²) in [6.07, 6.45) is 2.36. The van der Waals surface area contributed by atoms with Crippen LogP contribution in [0, 0.1) is 0 Å². The lowest BCUT2D eigenvalue weighted by atomic mass is 10.1. The first kappa shape index (κ1) is 19.4. The van der Waals surface area contributed by atoms with Crippen molar-refractivity contribution in [2.45, 2.75) is 39.7 Å². The van der Waals surface area contributed by atoms with Gasteiger partial charge in [0.1, 0.15) is 23.6 Å². The molecule has 2 aromatic heterocycles. The Bertz CT molecular complexity index is 1050. The quantitative estimate of drug-likeness (QED) is 0.236. The van der Waals surface area contributed by atoms with E-state index in [1.807, 2.05) is 38.1 Å². The van der Waals surface area contributed by atoms with E-state index in [9.17, 15) is 4.79 Å². The standard InChI is InChI=1S/C19H24N6O3/c1-3-7-13-16-17(23-25(13)11-15(20)24-27)19(26)22-18(21-16)12-8-5-6-9-14(12)28-10-4-2/h5-6,8-9,27H,3-4,7,10-11H2,1-2H3,(H2,20,24)(H,21,22,26). The first-order chi connectivity index (χ1) is 13.6. The van der Waals surface area contributed by atoms with Gasteiger partial charge in [0, 0.05) is 0 Å². The van der Waals surface area contributed by atoms with Crippen LogP contribution in [0.2, 0.25) is 0 Å². The van der Waals surface area contributed by atoms with Gasteiger partial charge in [-0.1, -0.05) is 37.6 Å². The summed E-state index contributed by atoms with van der Waals surface area (Å²) in [4.78, 5) is 20.2. The highest BCUT2D eigenvalue weighted by Gasteiger charge is 2.18. The minimum atomic E-state index is -0.346. The van der Waals surface area contributed by atoms with E-state index >= 15 is 0 Å². The van der Waals surface area contributed by atoms with Crippen LogP contribution in [-0.2, 0) is 13.0 Å². The van der Waals surface area contributed by atoms with Crippen LogP contribution in [0.4, 0.5) is 0 Å². The Morgan fingerprint density at radius 3 is 2.79 bits per heavy atom. The number of ether oxygens (including phenoxy) is 1. The highest BCUT2D eigenvalue weighted by molar-refractivity contribution is 5.82. The van der Waals surface area contributed by atoms with Crippen LogP contribution in [-0.4, -0.2) is 37.4 Å². The smallest absolute Gasteiger partial charge is 0.279 e. The SMILES string of the molecule is CCCOc1ccccc1-c1nc2c(CCC)n(CC(N)=NO)nc2c(=O)[nH]1. The number of nitrogens with zero attached hydrogens (tertiary/aromatic N) is 4. The molecule has 0 atom stereocenters. The Morgan fingerprint density at radius 1 is 1.29 bits per heavy atom. The molecule has 0 aliphatic carbocycles. The molecule has 0 spiro atoms. The number of aromatic nitrogens is 4. The van der Waals surface area contributed by atoms with Crippen molar-refractivity contribution in [3.63, 3.8) is 0 Å². The summed E-state index contributed by atoms with van der Waals surface area (Å²) in [5, 5.41) is 16.2. The van der Waals surface area contributed by atoms with Crippen LogP contribution in [0.15, 0.2) is 34.2 Å². The zero-order valence-corrected chi connectivity index (χ0v) is 16.0. The molecule has 9 heteroatoms. The number of para-hydroxylation sites is 1. The lowest BCUT2D eigenvalue weighted by Gasteiger charge is -2.10. The van der Waals surface area contributed by atoms with E-state index in [0.29, 0.717) is 35.7 Å². The third-order valence-electron chi connectivity index (χ3n) is 4.23. The van der Waals surface area contributed by atoms with Gasteiger partial charge in [-0.25, -0.2) is 4.98 Å². The average molecular weight is 384 g/mol. The molecule has 3 aromatic rings. The fraction of sp³-hybridized carbons (Fsp3) is 0.368. The molecule has 0 unspecified atom stereocenters. The normalized spacial score (nSPS) is 11.9. The predicted molar refractivity (Wildman–Crippen MR) is 107 cm³/mol. The summed E-state index contributed by atoms with van der Waals surface area (Å²) in [6.45, 7) is 4.70. The zero-order chi connectivity index (χ0) is 20.1. The van der Waals surface area contributed by atoms with Gasteiger partial charge in [0.05, 0.1) is 17.9 Å². The molecule has 148 valence electrons. The summed E-state index contributed by atoms with van der Waals surface area (Å²) >= 11 is 0. The van der Waals surface area contributed by atoms with Crippen molar-refractivity contribution in [2.24, 2.45) is 10.9 Å². The van der Waals surface area contributed by atoms with Crippen LogP contribution >= 0.6 is 0 Å². The molecule has 0 fully saturated rings. The monoisotopic (exact) mass is 384 g/mol. The van der Waals surface area contributed by atoms with Gasteiger partial charge < -0.3 is 20.7 Å². The Kier molecular flexibility index (Phi) is 5.93. The number of H-pyrrole nitrogens is 1.